The maximum Gasteiger partial charge on any atom is 0.0722 e. The summed E-state index contributed by atoms with van der Waals surface area (Å²) in [4.78, 5) is 4.74. The number of rotatable bonds is 29. The Morgan fingerprint density at radius 3 is 1.37 bits per heavy atom. The molecule has 2 aliphatic heterocycles. The van der Waals surface area contributed by atoms with Crippen molar-refractivity contribution in [3.63, 3.8) is 0 Å². The molecule has 0 spiro atoms. The lowest BCUT2D eigenvalue weighted by Gasteiger charge is -2.40. The Labute approximate surface area is 451 Å². The van der Waals surface area contributed by atoms with Crippen LogP contribution in [0.25, 0.3) is 32.7 Å². The minimum atomic E-state index is 0.247. The largest absolute Gasteiger partial charge is 0.381 e. The van der Waals surface area contributed by atoms with Gasteiger partial charge in [0.15, 0.2) is 0 Å². The molecule has 8 heteroatoms. The Morgan fingerprint density at radius 2 is 0.829 bits per heavy atom. The molecule has 0 aromatic heterocycles. The second-order valence-corrected chi connectivity index (χ2v) is 21.1. The number of unbranched alkanes of at least 4 members (excludes halogenated alkanes) is 4. The third-order valence-corrected chi connectivity index (χ3v) is 15.7. The van der Waals surface area contributed by atoms with Gasteiger partial charge >= 0.3 is 0 Å². The molecule has 0 aliphatic carbocycles. The fourth-order valence-corrected chi connectivity index (χ4v) is 10.5. The molecule has 2 aliphatic rings. The van der Waals surface area contributed by atoms with E-state index in [1.165, 1.54) is 27.1 Å². The van der Waals surface area contributed by atoms with Crippen molar-refractivity contribution in [2.75, 3.05) is 75.9 Å². The smallest absolute Gasteiger partial charge is 0.0722 e. The molecule has 0 bridgehead atoms. The van der Waals surface area contributed by atoms with Crippen molar-refractivity contribution in [2.24, 2.45) is 10.8 Å². The van der Waals surface area contributed by atoms with E-state index < -0.39 is 0 Å². The molecule has 76 heavy (non-hydrogen) atoms. The van der Waals surface area contributed by atoms with E-state index in [9.17, 15) is 0 Å². The van der Waals surface area contributed by atoms with Gasteiger partial charge < -0.3 is 38.2 Å². The molecule has 0 unspecified atom stereocenters. The van der Waals surface area contributed by atoms with E-state index in [4.69, 9.17) is 28.4 Å². The number of nitrogens with zero attached hydrogens (tertiary/aromatic N) is 2. The monoisotopic (exact) mass is 1020 g/mol. The minimum Gasteiger partial charge on any atom is -0.381 e. The van der Waals surface area contributed by atoms with Crippen molar-refractivity contribution in [3.8, 4) is 11.1 Å². The second-order valence-electron chi connectivity index (χ2n) is 21.1. The Bertz CT molecular complexity index is 2980. The van der Waals surface area contributed by atoms with Crippen LogP contribution in [0.2, 0.25) is 0 Å². The van der Waals surface area contributed by atoms with Gasteiger partial charge in [-0.25, -0.2) is 0 Å². The summed E-state index contributed by atoms with van der Waals surface area (Å²) < 4.78 is 35.3. The van der Waals surface area contributed by atoms with Gasteiger partial charge in [0.2, 0.25) is 0 Å². The van der Waals surface area contributed by atoms with E-state index >= 15 is 0 Å². The highest BCUT2D eigenvalue weighted by Gasteiger charge is 2.37. The standard InChI is InChI=1S/C68H76N2O6/c1-3-67(49-75-50-67)47-73-43-16-6-14-41-71-45-53-27-34-59(35-28-53)70(65-26-18-20-56-19-10-11-24-63(56)65)61-38-31-55(32-39-61)54-29-36-60(37-30-54)69(58-21-8-5-9-22-58)66-40-33-57(62-23-12-13-25-64(62)66)46-72-42-15-7-17-44-74-48-68(4-2)51-76-52-68/h5,8-13,18-40H,3-4,6-7,14-17,41-52H2,1-2H3. The molecule has 394 valence electrons. The highest BCUT2D eigenvalue weighted by molar-refractivity contribution is 6.01. The van der Waals surface area contributed by atoms with Gasteiger partial charge in [-0.3, -0.25) is 0 Å². The first kappa shape index (κ1) is 53.1. The van der Waals surface area contributed by atoms with Gasteiger partial charge in [0.25, 0.3) is 0 Å². The molecular formula is C68H76N2O6. The van der Waals surface area contributed by atoms with E-state index in [0.29, 0.717) is 13.2 Å². The molecule has 8 nitrogen and oxygen atoms in total. The molecular weight excluding hydrogens is 941 g/mol. The van der Waals surface area contributed by atoms with Gasteiger partial charge in [-0.15, -0.1) is 0 Å². The quantitative estimate of drug-likeness (QED) is 0.0430. The second kappa shape index (κ2) is 26.1. The maximum absolute atomic E-state index is 6.30. The molecule has 0 amide bonds. The number of hydrogen-bond donors (Lipinski definition) is 0. The third-order valence-electron chi connectivity index (χ3n) is 15.7. The number of benzene rings is 8. The van der Waals surface area contributed by atoms with Crippen molar-refractivity contribution in [1.29, 1.82) is 0 Å². The molecule has 0 saturated carbocycles. The van der Waals surface area contributed by atoms with Crippen LogP contribution in [0.3, 0.4) is 0 Å². The first-order valence-electron chi connectivity index (χ1n) is 27.9. The minimum absolute atomic E-state index is 0.247. The Morgan fingerprint density at radius 1 is 0.382 bits per heavy atom. The zero-order valence-corrected chi connectivity index (χ0v) is 44.8. The molecule has 2 fully saturated rings. The van der Waals surface area contributed by atoms with Crippen LogP contribution in [0.1, 0.15) is 76.3 Å². The summed E-state index contributed by atoms with van der Waals surface area (Å²) in [5, 5.41) is 4.80. The molecule has 0 radical (unpaired) electrons. The normalized spacial score (nSPS) is 14.6. The highest BCUT2D eigenvalue weighted by Crippen LogP contribution is 2.43. The fourth-order valence-electron chi connectivity index (χ4n) is 10.5. The average Bonchev–Trinajstić information content (AvgIpc) is 3.45. The number of anilines is 6. The predicted molar refractivity (Wildman–Crippen MR) is 312 cm³/mol. The van der Waals surface area contributed by atoms with Crippen molar-refractivity contribution >= 4 is 55.7 Å². The Kier molecular flexibility index (Phi) is 18.2. The summed E-state index contributed by atoms with van der Waals surface area (Å²) >= 11 is 0. The van der Waals surface area contributed by atoms with Crippen LogP contribution in [-0.4, -0.2) is 66.1 Å². The van der Waals surface area contributed by atoms with Gasteiger partial charge in [-0.05, 0) is 145 Å². The predicted octanol–water partition coefficient (Wildman–Crippen LogP) is 16.9. The summed E-state index contributed by atoms with van der Waals surface area (Å²) in [7, 11) is 0. The summed E-state index contributed by atoms with van der Waals surface area (Å²) in [5.74, 6) is 0. The van der Waals surface area contributed by atoms with Gasteiger partial charge in [0, 0.05) is 70.8 Å². The van der Waals surface area contributed by atoms with Crippen molar-refractivity contribution in [3.05, 3.63) is 193 Å². The van der Waals surface area contributed by atoms with E-state index in [1.807, 2.05) is 0 Å². The molecule has 10 rings (SSSR count). The van der Waals surface area contributed by atoms with Crippen LogP contribution in [-0.2, 0) is 41.6 Å². The zero-order valence-electron chi connectivity index (χ0n) is 44.8. The van der Waals surface area contributed by atoms with E-state index in [1.54, 1.807) is 0 Å². The van der Waals surface area contributed by atoms with E-state index in [-0.39, 0.29) is 10.8 Å². The number of hydrogen-bond acceptors (Lipinski definition) is 8. The van der Waals surface area contributed by atoms with Crippen LogP contribution < -0.4 is 9.80 Å². The number of ether oxygens (including phenoxy) is 6. The molecule has 2 saturated heterocycles. The van der Waals surface area contributed by atoms with Crippen molar-refractivity contribution < 1.29 is 28.4 Å². The summed E-state index contributed by atoms with van der Waals surface area (Å²) in [6, 6.07) is 65.9. The third kappa shape index (κ3) is 12.9. The Hall–Kier alpha value is -6.36. The van der Waals surface area contributed by atoms with Crippen molar-refractivity contribution in [1.82, 2.24) is 0 Å². The van der Waals surface area contributed by atoms with E-state index in [2.05, 4.69) is 206 Å². The van der Waals surface area contributed by atoms with Crippen LogP contribution in [0.4, 0.5) is 34.1 Å². The zero-order chi connectivity index (χ0) is 51.8. The van der Waals surface area contributed by atoms with Crippen molar-refractivity contribution in [2.45, 2.75) is 78.4 Å². The topological polar surface area (TPSA) is 61.9 Å². The lowest BCUT2D eigenvalue weighted by Crippen LogP contribution is -2.45. The first-order valence-corrected chi connectivity index (χ1v) is 27.9. The Balaban J connectivity index is 0.797. The first-order chi connectivity index (χ1) is 37.5. The summed E-state index contributed by atoms with van der Waals surface area (Å²) in [6.45, 7) is 13.7. The lowest BCUT2D eigenvalue weighted by atomic mass is 9.84. The molecule has 8 aromatic rings. The van der Waals surface area contributed by atoms with E-state index in [0.717, 1.165) is 168 Å². The van der Waals surface area contributed by atoms with Gasteiger partial charge in [0.05, 0.1) is 64.2 Å². The SMILES string of the molecule is CCC1(COCCCCCOCc2ccc(N(c3ccc(-c4ccc(N(c5ccccc5)c5ccc(COCCCCCOCC6(CC)COC6)c6ccccc56)cc4)cc3)c3cccc4ccccc34)cc2)COC1. The lowest BCUT2D eigenvalue weighted by molar-refractivity contribution is -0.150. The fraction of sp³-hybridized carbons (Fsp3) is 0.353. The molecule has 0 N–H and O–H groups in total. The maximum atomic E-state index is 6.30. The van der Waals surface area contributed by atoms with Crippen LogP contribution >= 0.6 is 0 Å². The molecule has 8 aromatic carbocycles. The van der Waals surface area contributed by atoms with Crippen LogP contribution in [0.15, 0.2) is 182 Å². The van der Waals surface area contributed by atoms with Crippen LogP contribution in [0.5, 0.6) is 0 Å². The molecule has 2 heterocycles. The van der Waals surface area contributed by atoms with Gasteiger partial charge in [-0.1, -0.05) is 135 Å². The average molecular weight is 1020 g/mol. The van der Waals surface area contributed by atoms with Gasteiger partial charge in [-0.2, -0.15) is 0 Å². The number of para-hydroxylation sites is 1. The molecule has 0 atom stereocenters. The summed E-state index contributed by atoms with van der Waals surface area (Å²) in [5.41, 5.74) is 11.8. The summed E-state index contributed by atoms with van der Waals surface area (Å²) in [6.07, 6.45) is 8.59. The highest BCUT2D eigenvalue weighted by atomic mass is 16.5. The number of fused-ring (bicyclic) bond motifs is 2. The van der Waals surface area contributed by atoms with Gasteiger partial charge in [0.1, 0.15) is 0 Å². The van der Waals surface area contributed by atoms with Crippen LogP contribution in [0, 0.1) is 10.8 Å².